The lowest BCUT2D eigenvalue weighted by atomic mass is 10.1. The quantitative estimate of drug-likeness (QED) is 0.347. The van der Waals surface area contributed by atoms with Gasteiger partial charge in [0, 0.05) is 12.5 Å². The minimum Gasteiger partial charge on any atom is -0.325 e. The van der Waals surface area contributed by atoms with Gasteiger partial charge in [-0.1, -0.05) is 0 Å². The second-order valence-corrected chi connectivity index (χ2v) is 2.51. The van der Waals surface area contributed by atoms with E-state index < -0.39 is 24.0 Å². The van der Waals surface area contributed by atoms with Crippen LogP contribution in [-0.4, -0.2) is 24.0 Å². The maximum Gasteiger partial charge on any atom is 0.322 e. The molecule has 1 fully saturated rings. The number of hydrogen-bond donors (Lipinski definition) is 3. The molecular formula is C7H9N3O2. The maximum absolute atomic E-state index is 11.0. The van der Waals surface area contributed by atoms with Crippen molar-refractivity contribution in [2.75, 3.05) is 0 Å². The summed E-state index contributed by atoms with van der Waals surface area (Å²) in [7, 11) is 0. The van der Waals surface area contributed by atoms with Gasteiger partial charge in [-0.3, -0.25) is 10.1 Å². The van der Waals surface area contributed by atoms with Gasteiger partial charge in [-0.05, 0) is 0 Å². The highest BCUT2D eigenvalue weighted by Crippen LogP contribution is 2.00. The van der Waals surface area contributed by atoms with Gasteiger partial charge in [0.05, 0.1) is 0 Å². The van der Waals surface area contributed by atoms with Crippen molar-refractivity contribution in [3.05, 3.63) is 0 Å². The van der Waals surface area contributed by atoms with E-state index in [1.165, 1.54) is 0 Å². The summed E-state index contributed by atoms with van der Waals surface area (Å²) in [5.74, 6) is 1.91. The SMILES string of the molecule is C#CC[C@H](N)C1NC(=O)NC1=O. The minimum atomic E-state index is -0.687. The van der Waals surface area contributed by atoms with E-state index in [1.54, 1.807) is 0 Å². The predicted molar refractivity (Wildman–Crippen MR) is 41.9 cm³/mol. The minimum absolute atomic E-state index is 0.262. The van der Waals surface area contributed by atoms with Crippen LogP contribution in [0.15, 0.2) is 0 Å². The van der Waals surface area contributed by atoms with Crippen LogP contribution in [0.1, 0.15) is 6.42 Å². The summed E-state index contributed by atoms with van der Waals surface area (Å²) < 4.78 is 0. The molecule has 5 heteroatoms. The Labute approximate surface area is 69.7 Å². The smallest absolute Gasteiger partial charge is 0.322 e. The maximum atomic E-state index is 11.0. The fourth-order valence-electron chi connectivity index (χ4n) is 0.988. The number of rotatable bonds is 2. The molecule has 1 unspecified atom stereocenters. The monoisotopic (exact) mass is 167 g/mol. The number of terminal acetylenes is 1. The fraction of sp³-hybridized carbons (Fsp3) is 0.429. The number of nitrogens with two attached hydrogens (primary N) is 1. The van der Waals surface area contributed by atoms with E-state index in [1.807, 2.05) is 0 Å². The third kappa shape index (κ3) is 1.54. The summed E-state index contributed by atoms with van der Waals surface area (Å²) in [5, 5.41) is 4.44. The standard InChI is InChI=1S/C7H9N3O2/c1-2-3-4(8)5-6(11)10-7(12)9-5/h1,4-5H,3,8H2,(H2,9,10,11,12)/t4-,5?/m0/s1. The molecule has 0 aromatic rings. The first kappa shape index (κ1) is 8.56. The Morgan fingerprint density at radius 3 is 2.75 bits per heavy atom. The van der Waals surface area contributed by atoms with Gasteiger partial charge in [0.1, 0.15) is 6.04 Å². The highest BCUT2D eigenvalue weighted by molar-refractivity contribution is 6.04. The molecule has 1 aliphatic rings. The van der Waals surface area contributed by atoms with Gasteiger partial charge in [0.2, 0.25) is 0 Å². The van der Waals surface area contributed by atoms with Gasteiger partial charge >= 0.3 is 6.03 Å². The molecule has 1 aliphatic heterocycles. The zero-order valence-corrected chi connectivity index (χ0v) is 6.33. The van der Waals surface area contributed by atoms with Crippen LogP contribution in [0.2, 0.25) is 0 Å². The number of amides is 3. The average molecular weight is 167 g/mol. The van der Waals surface area contributed by atoms with Crippen molar-refractivity contribution in [1.29, 1.82) is 0 Å². The van der Waals surface area contributed by atoms with Crippen molar-refractivity contribution in [3.8, 4) is 12.3 Å². The zero-order valence-electron chi connectivity index (χ0n) is 6.33. The van der Waals surface area contributed by atoms with Gasteiger partial charge in [0.15, 0.2) is 0 Å². The lowest BCUT2D eigenvalue weighted by Gasteiger charge is -2.12. The molecule has 3 amide bonds. The van der Waals surface area contributed by atoms with Crippen molar-refractivity contribution < 1.29 is 9.59 Å². The summed E-state index contributed by atoms with van der Waals surface area (Å²) in [6.07, 6.45) is 5.26. The third-order valence-electron chi connectivity index (χ3n) is 1.59. The second-order valence-electron chi connectivity index (χ2n) is 2.51. The van der Waals surface area contributed by atoms with E-state index in [-0.39, 0.29) is 6.42 Å². The Balaban J connectivity index is 2.59. The second kappa shape index (κ2) is 3.24. The molecule has 64 valence electrons. The Kier molecular flexibility index (Phi) is 2.31. The van der Waals surface area contributed by atoms with E-state index in [4.69, 9.17) is 12.2 Å². The molecule has 1 heterocycles. The lowest BCUT2D eigenvalue weighted by molar-refractivity contribution is -0.120. The van der Waals surface area contributed by atoms with E-state index in [2.05, 4.69) is 16.6 Å². The first-order valence-electron chi connectivity index (χ1n) is 3.45. The molecule has 12 heavy (non-hydrogen) atoms. The highest BCUT2D eigenvalue weighted by atomic mass is 16.2. The van der Waals surface area contributed by atoms with Crippen LogP contribution in [0.5, 0.6) is 0 Å². The van der Waals surface area contributed by atoms with Gasteiger partial charge < -0.3 is 11.1 Å². The molecule has 0 saturated carbocycles. The van der Waals surface area contributed by atoms with Crippen molar-refractivity contribution in [2.45, 2.75) is 18.5 Å². The zero-order chi connectivity index (χ0) is 9.14. The van der Waals surface area contributed by atoms with Crippen LogP contribution >= 0.6 is 0 Å². The van der Waals surface area contributed by atoms with Crippen molar-refractivity contribution >= 4 is 11.9 Å². The predicted octanol–water partition coefficient (Wildman–Crippen LogP) is -1.45. The summed E-state index contributed by atoms with van der Waals surface area (Å²) in [6, 6.07) is -1.72. The number of carbonyl (C=O) groups is 2. The largest absolute Gasteiger partial charge is 0.325 e. The summed E-state index contributed by atoms with van der Waals surface area (Å²) >= 11 is 0. The Morgan fingerprint density at radius 1 is 1.67 bits per heavy atom. The Hall–Kier alpha value is -1.54. The molecule has 0 bridgehead atoms. The van der Waals surface area contributed by atoms with Crippen molar-refractivity contribution in [3.63, 3.8) is 0 Å². The van der Waals surface area contributed by atoms with Gasteiger partial charge in [-0.2, -0.15) is 0 Å². The van der Waals surface area contributed by atoms with Crippen LogP contribution in [0.3, 0.4) is 0 Å². The molecular weight excluding hydrogens is 158 g/mol. The van der Waals surface area contributed by atoms with Crippen molar-refractivity contribution in [2.24, 2.45) is 5.73 Å². The number of hydrogen-bond acceptors (Lipinski definition) is 3. The van der Waals surface area contributed by atoms with Gasteiger partial charge in [0.25, 0.3) is 5.91 Å². The fourth-order valence-corrected chi connectivity index (χ4v) is 0.988. The molecule has 5 nitrogen and oxygen atoms in total. The van der Waals surface area contributed by atoms with E-state index >= 15 is 0 Å². The van der Waals surface area contributed by atoms with Crippen molar-refractivity contribution in [1.82, 2.24) is 10.6 Å². The number of nitrogens with one attached hydrogen (secondary N) is 2. The van der Waals surface area contributed by atoms with E-state index in [0.717, 1.165) is 0 Å². The third-order valence-corrected chi connectivity index (χ3v) is 1.59. The first-order chi connectivity index (χ1) is 5.65. The molecule has 0 radical (unpaired) electrons. The number of imide groups is 1. The molecule has 2 atom stereocenters. The van der Waals surface area contributed by atoms with Crippen LogP contribution in [0, 0.1) is 12.3 Å². The summed E-state index contributed by atoms with van der Waals surface area (Å²) in [4.78, 5) is 21.6. The lowest BCUT2D eigenvalue weighted by Crippen LogP contribution is -2.45. The molecule has 1 saturated heterocycles. The number of carbonyl (C=O) groups excluding carboxylic acids is 2. The normalized spacial score (nSPS) is 24.2. The first-order valence-corrected chi connectivity index (χ1v) is 3.45. The highest BCUT2D eigenvalue weighted by Gasteiger charge is 2.33. The number of urea groups is 1. The Morgan fingerprint density at radius 2 is 2.33 bits per heavy atom. The molecule has 1 rings (SSSR count). The molecule has 4 N–H and O–H groups in total. The molecule has 0 aromatic carbocycles. The van der Waals surface area contributed by atoms with Crippen LogP contribution in [-0.2, 0) is 4.79 Å². The van der Waals surface area contributed by atoms with E-state index in [0.29, 0.717) is 0 Å². The van der Waals surface area contributed by atoms with Crippen LogP contribution in [0.25, 0.3) is 0 Å². The van der Waals surface area contributed by atoms with Crippen LogP contribution < -0.4 is 16.4 Å². The summed E-state index contributed by atoms with van der Waals surface area (Å²) in [6.45, 7) is 0. The summed E-state index contributed by atoms with van der Waals surface area (Å²) in [5.41, 5.74) is 5.52. The van der Waals surface area contributed by atoms with Gasteiger partial charge in [-0.15, -0.1) is 12.3 Å². The Bertz CT molecular complexity index is 256. The molecule has 0 spiro atoms. The molecule has 0 aliphatic carbocycles. The average Bonchev–Trinajstić information content (AvgIpc) is 2.30. The van der Waals surface area contributed by atoms with E-state index in [9.17, 15) is 9.59 Å². The van der Waals surface area contributed by atoms with Crippen LogP contribution in [0.4, 0.5) is 4.79 Å². The molecule has 0 aromatic heterocycles. The van der Waals surface area contributed by atoms with Gasteiger partial charge in [-0.25, -0.2) is 4.79 Å². The topological polar surface area (TPSA) is 84.2 Å².